The third-order valence-corrected chi connectivity index (χ3v) is 5.99. The number of carbonyl (C=O) groups excluding carboxylic acids is 2. The molecule has 0 N–H and O–H groups in total. The van der Waals surface area contributed by atoms with Gasteiger partial charge in [-0.05, 0) is 29.8 Å². The number of carbonyl (C=O) groups is 2. The van der Waals surface area contributed by atoms with Crippen LogP contribution in [0, 0.1) is 0 Å². The zero-order valence-corrected chi connectivity index (χ0v) is 18.9. The lowest BCUT2D eigenvalue weighted by Crippen LogP contribution is -2.22. The first-order chi connectivity index (χ1) is 16.5. The van der Waals surface area contributed by atoms with Crippen molar-refractivity contribution < 1.29 is 33.3 Å². The molecule has 0 radical (unpaired) electrons. The van der Waals surface area contributed by atoms with E-state index in [-0.39, 0.29) is 18.0 Å². The first kappa shape index (κ1) is 21.6. The molecule has 1 atom stereocenters. The van der Waals surface area contributed by atoms with Gasteiger partial charge in [-0.15, -0.1) is 0 Å². The van der Waals surface area contributed by atoms with Crippen LogP contribution in [0.1, 0.15) is 39.4 Å². The number of hydrogen-bond donors (Lipinski definition) is 0. The maximum absolute atomic E-state index is 13.1. The van der Waals surface area contributed by atoms with Gasteiger partial charge in [-0.25, -0.2) is 0 Å². The summed E-state index contributed by atoms with van der Waals surface area (Å²) in [6.07, 6.45) is 1.75. The summed E-state index contributed by atoms with van der Waals surface area (Å²) in [4.78, 5) is 25.7. The van der Waals surface area contributed by atoms with Crippen molar-refractivity contribution in [3.63, 3.8) is 0 Å². The lowest BCUT2D eigenvalue weighted by Gasteiger charge is -2.28. The number of methoxy groups -OCH3 is 3. The van der Waals surface area contributed by atoms with E-state index in [1.807, 2.05) is 36.4 Å². The molecule has 5 rings (SSSR count). The topological polar surface area (TPSA) is 80.3 Å². The van der Waals surface area contributed by atoms with Crippen LogP contribution in [0.15, 0.2) is 60.4 Å². The quantitative estimate of drug-likeness (QED) is 0.310. The van der Waals surface area contributed by atoms with E-state index in [0.29, 0.717) is 45.4 Å². The predicted octanol–water partition coefficient (Wildman–Crippen LogP) is 4.77. The summed E-state index contributed by atoms with van der Waals surface area (Å²) < 4.78 is 28.2. The van der Waals surface area contributed by atoms with Crippen molar-refractivity contribution in [1.29, 1.82) is 0 Å². The van der Waals surface area contributed by atoms with Crippen LogP contribution in [0.4, 0.5) is 0 Å². The Balaban J connectivity index is 1.66. The summed E-state index contributed by atoms with van der Waals surface area (Å²) in [6, 6.07) is 16.3. The first-order valence-electron chi connectivity index (χ1n) is 10.7. The number of allylic oxidation sites excluding steroid dienone is 1. The molecule has 0 amide bonds. The Morgan fingerprint density at radius 3 is 2.32 bits per heavy atom. The fourth-order valence-corrected chi connectivity index (χ4v) is 4.47. The van der Waals surface area contributed by atoms with Crippen LogP contribution in [-0.2, 0) is 4.79 Å². The fraction of sp³-hybridized carbons (Fsp3) is 0.185. The van der Waals surface area contributed by atoms with Gasteiger partial charge in [0.05, 0.1) is 33.3 Å². The molecule has 7 heteroatoms. The molecular weight excluding hydrogens is 436 g/mol. The molecule has 0 fully saturated rings. The summed E-state index contributed by atoms with van der Waals surface area (Å²) in [7, 11) is 4.59. The molecule has 0 saturated heterocycles. The standard InChI is InChI=1S/C27H22O7/c1-30-20-12-9-16(26(31-2)27(20)32-3)18-14-22(28)33-19-11-10-17-24(29)21(34-25(17)23(18)19)13-15-7-5-4-6-8-15/h4-13,18H,14H2,1-3H3/b21-13-/t18-/m1/s1. The number of benzene rings is 3. The molecule has 7 nitrogen and oxygen atoms in total. The maximum Gasteiger partial charge on any atom is 0.312 e. The molecule has 0 aromatic heterocycles. The van der Waals surface area contributed by atoms with Crippen molar-refractivity contribution in [2.24, 2.45) is 0 Å². The Hall–Kier alpha value is -4.26. The number of hydrogen-bond acceptors (Lipinski definition) is 7. The van der Waals surface area contributed by atoms with Gasteiger partial charge in [0.2, 0.25) is 11.5 Å². The van der Waals surface area contributed by atoms with Crippen molar-refractivity contribution >= 4 is 17.8 Å². The van der Waals surface area contributed by atoms with Crippen LogP contribution in [0.5, 0.6) is 28.7 Å². The van der Waals surface area contributed by atoms with Crippen molar-refractivity contribution in [3.05, 3.63) is 82.6 Å². The Morgan fingerprint density at radius 2 is 1.62 bits per heavy atom. The predicted molar refractivity (Wildman–Crippen MR) is 124 cm³/mol. The zero-order chi connectivity index (χ0) is 23.8. The van der Waals surface area contributed by atoms with Gasteiger partial charge in [0.1, 0.15) is 11.5 Å². The minimum absolute atomic E-state index is 0.0462. The third kappa shape index (κ3) is 3.46. The van der Waals surface area contributed by atoms with Crippen LogP contribution < -0.4 is 23.7 Å². The minimum atomic E-state index is -0.482. The molecule has 172 valence electrons. The third-order valence-electron chi connectivity index (χ3n) is 5.99. The largest absolute Gasteiger partial charge is 0.493 e. The smallest absolute Gasteiger partial charge is 0.312 e. The van der Waals surface area contributed by atoms with Crippen molar-refractivity contribution in [2.75, 3.05) is 21.3 Å². The summed E-state index contributed by atoms with van der Waals surface area (Å²) >= 11 is 0. The molecule has 3 aromatic carbocycles. The highest BCUT2D eigenvalue weighted by molar-refractivity contribution is 6.15. The lowest BCUT2D eigenvalue weighted by molar-refractivity contribution is -0.135. The van der Waals surface area contributed by atoms with Crippen LogP contribution >= 0.6 is 0 Å². The first-order valence-corrected chi connectivity index (χ1v) is 10.7. The molecule has 0 spiro atoms. The number of ketones is 1. The van der Waals surface area contributed by atoms with E-state index in [1.165, 1.54) is 21.3 Å². The summed E-state index contributed by atoms with van der Waals surface area (Å²) in [6.45, 7) is 0. The van der Waals surface area contributed by atoms with Crippen molar-refractivity contribution in [1.82, 2.24) is 0 Å². The molecule has 0 unspecified atom stereocenters. The van der Waals surface area contributed by atoms with Gasteiger partial charge in [0.25, 0.3) is 0 Å². The zero-order valence-electron chi connectivity index (χ0n) is 18.9. The highest BCUT2D eigenvalue weighted by Gasteiger charge is 2.40. The van der Waals surface area contributed by atoms with Gasteiger partial charge in [0, 0.05) is 17.0 Å². The van der Waals surface area contributed by atoms with E-state index in [1.54, 1.807) is 24.3 Å². The summed E-state index contributed by atoms with van der Waals surface area (Å²) in [5.41, 5.74) is 2.58. The maximum atomic E-state index is 13.1. The molecule has 3 aromatic rings. The Bertz CT molecular complexity index is 1320. The average Bonchev–Trinajstić information content (AvgIpc) is 3.17. The molecule has 0 bridgehead atoms. The molecule has 0 aliphatic carbocycles. The summed E-state index contributed by atoms with van der Waals surface area (Å²) in [5, 5.41) is 0. The molecule has 2 heterocycles. The van der Waals surface area contributed by atoms with Crippen molar-refractivity contribution in [2.45, 2.75) is 12.3 Å². The lowest BCUT2D eigenvalue weighted by atomic mass is 9.84. The van der Waals surface area contributed by atoms with Crippen LogP contribution in [0.2, 0.25) is 0 Å². The van der Waals surface area contributed by atoms with Gasteiger partial charge in [0.15, 0.2) is 17.3 Å². The average molecular weight is 458 g/mol. The molecule has 2 aliphatic heterocycles. The SMILES string of the molecule is COc1ccc([C@H]2CC(=O)Oc3ccc4c(c32)O/C(=C\c2ccccc2)C4=O)c(OC)c1OC. The highest BCUT2D eigenvalue weighted by Crippen LogP contribution is 2.52. The Labute approximate surface area is 196 Å². The monoisotopic (exact) mass is 458 g/mol. The Kier molecular flexibility index (Phi) is 5.45. The van der Waals surface area contributed by atoms with E-state index in [0.717, 1.165) is 5.56 Å². The van der Waals surface area contributed by atoms with E-state index >= 15 is 0 Å². The molecule has 0 saturated carbocycles. The fourth-order valence-electron chi connectivity index (χ4n) is 4.47. The van der Waals surface area contributed by atoms with Crippen molar-refractivity contribution in [3.8, 4) is 28.7 Å². The summed E-state index contributed by atoms with van der Waals surface area (Å²) in [5.74, 6) is 1.21. The van der Waals surface area contributed by atoms with E-state index in [9.17, 15) is 9.59 Å². The Morgan fingerprint density at radius 1 is 0.853 bits per heavy atom. The number of Topliss-reactive ketones (excluding diaryl/α,β-unsaturated/α-hetero) is 1. The van der Waals surface area contributed by atoms with Crippen LogP contribution in [0.25, 0.3) is 6.08 Å². The molecule has 2 aliphatic rings. The minimum Gasteiger partial charge on any atom is -0.493 e. The van der Waals surface area contributed by atoms with Gasteiger partial charge < -0.3 is 23.7 Å². The second-order valence-corrected chi connectivity index (χ2v) is 7.86. The van der Waals surface area contributed by atoms with Gasteiger partial charge in [-0.1, -0.05) is 36.4 Å². The number of fused-ring (bicyclic) bond motifs is 3. The second-order valence-electron chi connectivity index (χ2n) is 7.86. The van der Waals surface area contributed by atoms with Gasteiger partial charge >= 0.3 is 5.97 Å². The van der Waals surface area contributed by atoms with Crippen LogP contribution in [0.3, 0.4) is 0 Å². The van der Waals surface area contributed by atoms with Crippen LogP contribution in [-0.4, -0.2) is 33.1 Å². The highest BCUT2D eigenvalue weighted by atomic mass is 16.5. The molecular formula is C27H22O7. The normalized spacial score (nSPS) is 17.5. The number of rotatable bonds is 5. The second kappa shape index (κ2) is 8.59. The van der Waals surface area contributed by atoms with E-state index in [2.05, 4.69) is 0 Å². The van der Waals surface area contributed by atoms with Gasteiger partial charge in [-0.2, -0.15) is 0 Å². The number of esters is 1. The molecule has 34 heavy (non-hydrogen) atoms. The van der Waals surface area contributed by atoms with E-state index < -0.39 is 11.9 Å². The number of ether oxygens (including phenoxy) is 5. The van der Waals surface area contributed by atoms with E-state index in [4.69, 9.17) is 23.7 Å². The van der Waals surface area contributed by atoms with Gasteiger partial charge in [-0.3, -0.25) is 9.59 Å².